The van der Waals surface area contributed by atoms with Crippen molar-refractivity contribution in [2.75, 3.05) is 29.9 Å². The molecule has 8 nitrogen and oxygen atoms in total. The van der Waals surface area contributed by atoms with E-state index in [1.54, 1.807) is 6.07 Å². The van der Waals surface area contributed by atoms with E-state index in [4.69, 9.17) is 0 Å². The van der Waals surface area contributed by atoms with Crippen molar-refractivity contribution in [3.05, 3.63) is 59.7 Å². The van der Waals surface area contributed by atoms with Crippen LogP contribution in [0.3, 0.4) is 0 Å². The fourth-order valence-electron chi connectivity index (χ4n) is 5.79. The monoisotopic (exact) mass is 501 g/mol. The van der Waals surface area contributed by atoms with Crippen LogP contribution in [0.15, 0.2) is 53.5 Å². The van der Waals surface area contributed by atoms with Crippen LogP contribution in [0.5, 0.6) is 0 Å². The number of hydrogen-bond donors (Lipinski definition) is 2. The Morgan fingerprint density at radius 2 is 1.70 bits per heavy atom. The topological polar surface area (TPSA) is 94.1 Å². The Hall–Kier alpha value is -3.68. The Labute approximate surface area is 218 Å². The number of benzene rings is 2. The van der Waals surface area contributed by atoms with E-state index in [0.717, 1.165) is 24.2 Å². The third-order valence-electron chi connectivity index (χ3n) is 7.74. The average Bonchev–Trinajstić information content (AvgIpc) is 3.27. The molecule has 0 aromatic heterocycles. The van der Waals surface area contributed by atoms with Crippen molar-refractivity contribution in [2.45, 2.75) is 52.1 Å². The Kier molecular flexibility index (Phi) is 7.26. The zero-order valence-electron chi connectivity index (χ0n) is 21.6. The molecular weight excluding hydrogens is 466 g/mol. The number of fused-ring (bicyclic) bond motifs is 5. The molecule has 6 rings (SSSR count). The number of amides is 4. The Morgan fingerprint density at radius 1 is 1.00 bits per heavy atom. The highest BCUT2D eigenvalue weighted by atomic mass is 16.2. The lowest BCUT2D eigenvalue weighted by Crippen LogP contribution is -2.51. The van der Waals surface area contributed by atoms with Crippen molar-refractivity contribution in [1.29, 1.82) is 0 Å². The SMILES string of the molecule is CCC1=NC(NC(=O)Nc2cccc(C)c2)C(=O)N(CC(=O)N2CC3CCC(CC3)C2)c2ccccc21. The number of hydrogen-bond acceptors (Lipinski definition) is 4. The summed E-state index contributed by atoms with van der Waals surface area (Å²) in [5.74, 6) is 0.625. The van der Waals surface area contributed by atoms with Crippen LogP contribution in [0.2, 0.25) is 0 Å². The molecule has 2 N–H and O–H groups in total. The van der Waals surface area contributed by atoms with Gasteiger partial charge in [0.15, 0.2) is 0 Å². The van der Waals surface area contributed by atoms with E-state index in [1.165, 1.54) is 30.6 Å². The summed E-state index contributed by atoms with van der Waals surface area (Å²) < 4.78 is 0. The van der Waals surface area contributed by atoms with Gasteiger partial charge >= 0.3 is 6.03 Å². The van der Waals surface area contributed by atoms with Gasteiger partial charge in [-0.25, -0.2) is 4.79 Å². The average molecular weight is 502 g/mol. The van der Waals surface area contributed by atoms with Gasteiger partial charge in [-0.05, 0) is 74.6 Å². The maximum absolute atomic E-state index is 13.8. The number of aliphatic imine (C=N–C) groups is 1. The van der Waals surface area contributed by atoms with Crippen LogP contribution >= 0.6 is 0 Å². The number of nitrogens with zero attached hydrogens (tertiary/aromatic N) is 3. The molecule has 4 aliphatic rings. The summed E-state index contributed by atoms with van der Waals surface area (Å²) in [5, 5.41) is 5.53. The predicted octanol–water partition coefficient (Wildman–Crippen LogP) is 4.34. The summed E-state index contributed by atoms with van der Waals surface area (Å²) >= 11 is 0. The normalized spacial score (nSPS) is 23.0. The number of para-hydroxylation sites is 1. The Morgan fingerprint density at radius 3 is 2.38 bits per heavy atom. The highest BCUT2D eigenvalue weighted by molar-refractivity contribution is 6.14. The molecule has 2 aromatic carbocycles. The molecule has 1 atom stereocenters. The standard InChI is InChI=1S/C29H35N5O3/c1-3-24-23-9-4-5-10-25(23)34(18-26(35)33-16-20-11-12-21(17-33)14-13-20)28(36)27(31-24)32-29(37)30-22-8-6-7-19(2)15-22/h4-10,15,20-21,27H,3,11-14,16-18H2,1-2H3,(H2,30,32,37). The molecule has 2 bridgehead atoms. The van der Waals surface area contributed by atoms with Crippen LogP contribution in [-0.2, 0) is 9.59 Å². The molecular formula is C29H35N5O3. The molecule has 37 heavy (non-hydrogen) atoms. The minimum Gasteiger partial charge on any atom is -0.341 e. The second-order valence-corrected chi connectivity index (χ2v) is 10.4. The van der Waals surface area contributed by atoms with E-state index < -0.39 is 18.1 Å². The molecule has 3 aliphatic heterocycles. The van der Waals surface area contributed by atoms with Gasteiger partial charge in [0.1, 0.15) is 6.54 Å². The first kappa shape index (κ1) is 25.0. The number of carbonyl (C=O) groups is 3. The lowest BCUT2D eigenvalue weighted by atomic mass is 9.84. The zero-order valence-corrected chi connectivity index (χ0v) is 21.6. The maximum Gasteiger partial charge on any atom is 0.321 e. The summed E-state index contributed by atoms with van der Waals surface area (Å²) in [5.41, 5.74) is 3.82. The van der Waals surface area contributed by atoms with Gasteiger partial charge in [0.2, 0.25) is 12.1 Å². The lowest BCUT2D eigenvalue weighted by molar-refractivity contribution is -0.132. The van der Waals surface area contributed by atoms with Gasteiger partial charge in [-0.2, -0.15) is 0 Å². The fourth-order valence-corrected chi connectivity index (χ4v) is 5.79. The molecule has 3 fully saturated rings. The van der Waals surface area contributed by atoms with Crippen molar-refractivity contribution >= 4 is 34.9 Å². The van der Waals surface area contributed by atoms with E-state index >= 15 is 0 Å². The van der Waals surface area contributed by atoms with Crippen molar-refractivity contribution in [3.63, 3.8) is 0 Å². The Balaban J connectivity index is 1.39. The quantitative estimate of drug-likeness (QED) is 0.638. The summed E-state index contributed by atoms with van der Waals surface area (Å²) in [7, 11) is 0. The second kappa shape index (κ2) is 10.7. The first-order valence-electron chi connectivity index (χ1n) is 13.3. The molecule has 1 aliphatic carbocycles. The molecule has 0 spiro atoms. The molecule has 1 saturated carbocycles. The van der Waals surface area contributed by atoms with Crippen LogP contribution in [0.1, 0.15) is 50.2 Å². The number of nitrogens with one attached hydrogen (secondary N) is 2. The van der Waals surface area contributed by atoms with E-state index in [0.29, 0.717) is 35.3 Å². The van der Waals surface area contributed by atoms with Crippen LogP contribution in [-0.4, -0.2) is 54.3 Å². The maximum atomic E-state index is 13.8. The van der Waals surface area contributed by atoms with Gasteiger partial charge in [-0.3, -0.25) is 19.5 Å². The zero-order chi connectivity index (χ0) is 25.9. The van der Waals surface area contributed by atoms with E-state index in [1.807, 2.05) is 61.2 Å². The summed E-state index contributed by atoms with van der Waals surface area (Å²) in [4.78, 5) is 48.4. The van der Waals surface area contributed by atoms with Crippen LogP contribution < -0.4 is 15.5 Å². The largest absolute Gasteiger partial charge is 0.341 e. The summed E-state index contributed by atoms with van der Waals surface area (Å²) in [6, 6.07) is 14.5. The van der Waals surface area contributed by atoms with Gasteiger partial charge in [-0.1, -0.05) is 37.3 Å². The third kappa shape index (κ3) is 5.53. The predicted molar refractivity (Wildman–Crippen MR) is 145 cm³/mol. The van der Waals surface area contributed by atoms with Gasteiger partial charge in [0.05, 0.1) is 5.69 Å². The molecule has 194 valence electrons. The fraction of sp³-hybridized carbons (Fsp3) is 0.448. The third-order valence-corrected chi connectivity index (χ3v) is 7.74. The van der Waals surface area contributed by atoms with Crippen LogP contribution in [0, 0.1) is 18.8 Å². The first-order valence-corrected chi connectivity index (χ1v) is 13.3. The van der Waals surface area contributed by atoms with Crippen molar-refractivity contribution in [2.24, 2.45) is 16.8 Å². The molecule has 1 unspecified atom stereocenters. The van der Waals surface area contributed by atoms with Gasteiger partial charge in [0, 0.05) is 30.1 Å². The number of urea groups is 1. The minimum atomic E-state index is -1.14. The van der Waals surface area contributed by atoms with E-state index in [9.17, 15) is 14.4 Å². The molecule has 2 aromatic rings. The van der Waals surface area contributed by atoms with Crippen LogP contribution in [0.4, 0.5) is 16.2 Å². The number of anilines is 2. The molecule has 2 saturated heterocycles. The minimum absolute atomic E-state index is 0.0511. The van der Waals surface area contributed by atoms with Gasteiger partial charge < -0.3 is 15.5 Å². The number of aryl methyl sites for hydroxylation is 1. The van der Waals surface area contributed by atoms with Crippen molar-refractivity contribution in [1.82, 2.24) is 10.2 Å². The van der Waals surface area contributed by atoms with Crippen LogP contribution in [0.25, 0.3) is 0 Å². The first-order chi connectivity index (χ1) is 17.9. The highest BCUT2D eigenvalue weighted by Crippen LogP contribution is 2.34. The van der Waals surface area contributed by atoms with Crippen molar-refractivity contribution < 1.29 is 14.4 Å². The molecule has 4 amide bonds. The van der Waals surface area contributed by atoms with Crippen molar-refractivity contribution in [3.8, 4) is 0 Å². The molecule has 3 heterocycles. The number of benzodiazepines with no additional fused rings is 1. The number of rotatable bonds is 5. The lowest BCUT2D eigenvalue weighted by Gasteiger charge is -2.29. The Bertz CT molecular complexity index is 1200. The summed E-state index contributed by atoms with van der Waals surface area (Å²) in [6.07, 6.45) is 4.15. The van der Waals surface area contributed by atoms with Gasteiger partial charge in [-0.15, -0.1) is 0 Å². The smallest absolute Gasteiger partial charge is 0.321 e. The molecule has 8 heteroatoms. The molecule has 0 radical (unpaired) electrons. The second-order valence-electron chi connectivity index (χ2n) is 10.4. The summed E-state index contributed by atoms with van der Waals surface area (Å²) in [6.45, 7) is 5.36. The van der Waals surface area contributed by atoms with E-state index in [-0.39, 0.29) is 12.5 Å². The van der Waals surface area contributed by atoms with Gasteiger partial charge in [0.25, 0.3) is 5.91 Å². The number of carbonyl (C=O) groups excluding carboxylic acids is 3. The highest BCUT2D eigenvalue weighted by Gasteiger charge is 2.36. The van der Waals surface area contributed by atoms with E-state index in [2.05, 4.69) is 15.6 Å².